The lowest BCUT2D eigenvalue weighted by Gasteiger charge is -2.30. The molecular formula is C25H25N5O2. The van der Waals surface area contributed by atoms with Crippen LogP contribution in [-0.4, -0.2) is 34.0 Å². The quantitative estimate of drug-likeness (QED) is 0.421. The van der Waals surface area contributed by atoms with Crippen molar-refractivity contribution in [3.63, 3.8) is 0 Å². The number of carbonyl (C=O) groups excluding carboxylic acids is 2. The third kappa shape index (κ3) is 4.62. The molecule has 2 heterocycles. The summed E-state index contributed by atoms with van der Waals surface area (Å²) in [6, 6.07) is 17.3. The molecule has 1 fully saturated rings. The largest absolute Gasteiger partial charge is 0.405 e. The molecule has 0 aromatic heterocycles. The Labute approximate surface area is 187 Å². The molecule has 0 aliphatic carbocycles. The van der Waals surface area contributed by atoms with Crippen molar-refractivity contribution in [2.24, 2.45) is 10.7 Å². The van der Waals surface area contributed by atoms with E-state index < -0.39 is 11.9 Å². The van der Waals surface area contributed by atoms with Crippen molar-refractivity contribution in [1.82, 2.24) is 15.1 Å². The van der Waals surface area contributed by atoms with Gasteiger partial charge in [0.25, 0.3) is 5.91 Å². The normalized spacial score (nSPS) is 17.8. The first kappa shape index (κ1) is 21.1. The molecule has 32 heavy (non-hydrogen) atoms. The maximum atomic E-state index is 12.5. The second-order valence-corrected chi connectivity index (χ2v) is 7.61. The molecule has 0 atom stereocenters. The average Bonchev–Trinajstić information content (AvgIpc) is 3.06. The minimum atomic E-state index is -0.471. The zero-order valence-corrected chi connectivity index (χ0v) is 17.7. The van der Waals surface area contributed by atoms with Crippen LogP contribution in [0.25, 0.3) is 0 Å². The van der Waals surface area contributed by atoms with E-state index >= 15 is 0 Å². The van der Waals surface area contributed by atoms with Crippen LogP contribution < -0.4 is 11.1 Å². The highest BCUT2D eigenvalue weighted by atomic mass is 16.2. The maximum Gasteiger partial charge on any atom is 0.329 e. The van der Waals surface area contributed by atoms with Crippen molar-refractivity contribution >= 4 is 17.6 Å². The highest BCUT2D eigenvalue weighted by Gasteiger charge is 2.33. The number of nitrogens with zero attached hydrogens (tertiary/aromatic N) is 3. The van der Waals surface area contributed by atoms with Crippen molar-refractivity contribution in [2.45, 2.75) is 19.5 Å². The number of hydrogen-bond acceptors (Lipinski definition) is 5. The van der Waals surface area contributed by atoms with Crippen molar-refractivity contribution in [3.8, 4) is 0 Å². The standard InChI is InChI=1S/C25H25N5O2/c1-18(29-14-12-20-9-5-6-10-21(20)17-29)27-22(11-13-26)15-23-24(31)28-25(32)30(23)16-19-7-3-2-4-8-19/h2-11,13,15H,1,12,14,16-17,26H2,(H,28,31,32)/b13-11-,23-15-,27-22+. The predicted octanol–water partition coefficient (Wildman–Crippen LogP) is 3.07. The minimum Gasteiger partial charge on any atom is -0.405 e. The van der Waals surface area contributed by atoms with Gasteiger partial charge in [0.1, 0.15) is 11.5 Å². The summed E-state index contributed by atoms with van der Waals surface area (Å²) in [5.41, 5.74) is 9.78. The fourth-order valence-electron chi connectivity index (χ4n) is 3.82. The average molecular weight is 428 g/mol. The Morgan fingerprint density at radius 2 is 1.81 bits per heavy atom. The van der Waals surface area contributed by atoms with Gasteiger partial charge in [-0.05, 0) is 41.5 Å². The van der Waals surface area contributed by atoms with E-state index in [0.717, 1.165) is 18.5 Å². The zero-order valence-electron chi connectivity index (χ0n) is 17.7. The SMILES string of the molecule is C=C(/N=C(\C=C/N)/C=C1/C(=O)NC(=O)N1Cc1ccccc1)N1CCc2ccccc2C1. The van der Waals surface area contributed by atoms with Gasteiger partial charge in [0, 0.05) is 13.1 Å². The molecule has 7 heteroatoms. The minimum absolute atomic E-state index is 0.215. The van der Waals surface area contributed by atoms with E-state index in [1.54, 1.807) is 12.2 Å². The first-order valence-corrected chi connectivity index (χ1v) is 10.4. The van der Waals surface area contributed by atoms with Crippen LogP contribution >= 0.6 is 0 Å². The van der Waals surface area contributed by atoms with Gasteiger partial charge in [0.2, 0.25) is 0 Å². The van der Waals surface area contributed by atoms with E-state index in [1.165, 1.54) is 22.2 Å². The summed E-state index contributed by atoms with van der Waals surface area (Å²) in [7, 11) is 0. The van der Waals surface area contributed by atoms with Gasteiger partial charge in [-0.1, -0.05) is 61.2 Å². The molecule has 3 N–H and O–H groups in total. The van der Waals surface area contributed by atoms with Crippen molar-refractivity contribution in [2.75, 3.05) is 6.54 Å². The Kier molecular flexibility index (Phi) is 6.17. The third-order valence-corrected chi connectivity index (χ3v) is 5.48. The van der Waals surface area contributed by atoms with E-state index in [9.17, 15) is 9.59 Å². The fraction of sp³-hybridized carbons (Fsp3) is 0.160. The van der Waals surface area contributed by atoms with Gasteiger partial charge in [-0.3, -0.25) is 15.0 Å². The second kappa shape index (κ2) is 9.34. The molecule has 7 nitrogen and oxygen atoms in total. The van der Waals surface area contributed by atoms with Crippen molar-refractivity contribution < 1.29 is 9.59 Å². The zero-order chi connectivity index (χ0) is 22.5. The first-order valence-electron chi connectivity index (χ1n) is 10.4. The number of nitrogens with two attached hydrogens (primary N) is 1. The Morgan fingerprint density at radius 3 is 2.56 bits per heavy atom. The first-order chi connectivity index (χ1) is 15.5. The number of aliphatic imine (C=N–C) groups is 1. The van der Waals surface area contributed by atoms with Crippen LogP contribution in [0.3, 0.4) is 0 Å². The summed E-state index contributed by atoms with van der Waals surface area (Å²) in [6.07, 6.45) is 5.42. The third-order valence-electron chi connectivity index (χ3n) is 5.48. The topological polar surface area (TPSA) is 91.0 Å². The van der Waals surface area contributed by atoms with Crippen LogP contribution in [-0.2, 0) is 24.3 Å². The van der Waals surface area contributed by atoms with Gasteiger partial charge in [-0.15, -0.1) is 0 Å². The van der Waals surface area contributed by atoms with Crippen molar-refractivity contribution in [1.29, 1.82) is 0 Å². The summed E-state index contributed by atoms with van der Waals surface area (Å²) in [5.74, 6) is 0.102. The molecule has 3 amide bonds. The number of carbonyl (C=O) groups is 2. The Morgan fingerprint density at radius 1 is 1.09 bits per heavy atom. The fourth-order valence-corrected chi connectivity index (χ4v) is 3.82. The summed E-state index contributed by atoms with van der Waals surface area (Å²) in [6.45, 7) is 5.91. The molecule has 1 saturated heterocycles. The molecule has 0 radical (unpaired) electrons. The molecule has 4 rings (SSSR count). The molecule has 162 valence electrons. The van der Waals surface area contributed by atoms with Gasteiger partial charge < -0.3 is 10.6 Å². The van der Waals surface area contributed by atoms with Gasteiger partial charge in [-0.25, -0.2) is 9.79 Å². The Bertz CT molecular complexity index is 1130. The molecule has 2 aromatic rings. The predicted molar refractivity (Wildman–Crippen MR) is 124 cm³/mol. The number of imide groups is 1. The number of amides is 3. The highest BCUT2D eigenvalue weighted by molar-refractivity contribution is 6.16. The summed E-state index contributed by atoms with van der Waals surface area (Å²) < 4.78 is 0. The van der Waals surface area contributed by atoms with Crippen LogP contribution in [0.15, 0.2) is 96.0 Å². The molecule has 0 spiro atoms. The molecular weight excluding hydrogens is 402 g/mol. The van der Waals surface area contributed by atoms with Crippen LogP contribution in [0.1, 0.15) is 16.7 Å². The number of fused-ring (bicyclic) bond motifs is 1. The van der Waals surface area contributed by atoms with Crippen LogP contribution in [0.4, 0.5) is 4.79 Å². The Balaban J connectivity index is 1.58. The van der Waals surface area contributed by atoms with Crippen LogP contribution in [0.5, 0.6) is 0 Å². The summed E-state index contributed by atoms with van der Waals surface area (Å²) >= 11 is 0. The number of urea groups is 1. The second-order valence-electron chi connectivity index (χ2n) is 7.61. The lowest BCUT2D eigenvalue weighted by atomic mass is 10.0. The van der Waals surface area contributed by atoms with E-state index in [2.05, 4.69) is 33.9 Å². The molecule has 2 aliphatic rings. The smallest absolute Gasteiger partial charge is 0.329 e. The number of benzene rings is 2. The van der Waals surface area contributed by atoms with Crippen molar-refractivity contribution in [3.05, 3.63) is 108 Å². The van der Waals surface area contributed by atoms with Crippen LogP contribution in [0.2, 0.25) is 0 Å². The van der Waals surface area contributed by atoms with E-state index in [4.69, 9.17) is 5.73 Å². The molecule has 2 aromatic carbocycles. The molecule has 0 unspecified atom stereocenters. The van der Waals surface area contributed by atoms with E-state index in [0.29, 0.717) is 18.1 Å². The summed E-state index contributed by atoms with van der Waals surface area (Å²) in [5, 5.41) is 2.35. The Hall–Kier alpha value is -4.13. The maximum absolute atomic E-state index is 12.5. The summed E-state index contributed by atoms with van der Waals surface area (Å²) in [4.78, 5) is 32.9. The van der Waals surface area contributed by atoms with Gasteiger partial charge in [-0.2, -0.15) is 0 Å². The van der Waals surface area contributed by atoms with Gasteiger partial charge in [0.05, 0.1) is 12.3 Å². The van der Waals surface area contributed by atoms with Gasteiger partial charge >= 0.3 is 6.03 Å². The number of rotatable bonds is 6. The van der Waals surface area contributed by atoms with E-state index in [-0.39, 0.29) is 12.2 Å². The molecule has 2 aliphatic heterocycles. The molecule has 0 bridgehead atoms. The lowest BCUT2D eigenvalue weighted by Crippen LogP contribution is -2.29. The highest BCUT2D eigenvalue weighted by Crippen LogP contribution is 2.22. The number of nitrogens with one attached hydrogen (secondary N) is 1. The van der Waals surface area contributed by atoms with Crippen LogP contribution in [0, 0.1) is 0 Å². The monoisotopic (exact) mass is 427 g/mol. The number of hydrogen-bond donors (Lipinski definition) is 2. The van der Waals surface area contributed by atoms with Gasteiger partial charge in [0.15, 0.2) is 0 Å². The molecule has 0 saturated carbocycles. The lowest BCUT2D eigenvalue weighted by molar-refractivity contribution is -0.116. The van der Waals surface area contributed by atoms with E-state index in [1.807, 2.05) is 42.5 Å². The number of allylic oxidation sites excluding steroid dienone is 2.